The predicted molar refractivity (Wildman–Crippen MR) is 136 cm³/mol. The second-order valence-corrected chi connectivity index (χ2v) is 9.06. The van der Waals surface area contributed by atoms with Crippen molar-refractivity contribution < 1.29 is 23.8 Å². The summed E-state index contributed by atoms with van der Waals surface area (Å²) < 4.78 is 16.8. The number of rotatable bonds is 6. The molecule has 0 spiro atoms. The minimum atomic E-state index is -0.680. The highest BCUT2D eigenvalue weighted by Crippen LogP contribution is 2.39. The molecule has 0 saturated carbocycles. The lowest BCUT2D eigenvalue weighted by molar-refractivity contribution is 0.0729. The summed E-state index contributed by atoms with van der Waals surface area (Å²) in [5.74, 6) is 0.987. The topological polar surface area (TPSA) is 89.2 Å². The van der Waals surface area contributed by atoms with Crippen molar-refractivity contribution in [2.75, 3.05) is 20.8 Å². The fourth-order valence-corrected chi connectivity index (χ4v) is 5.07. The number of ether oxygens (including phenoxy) is 2. The first-order chi connectivity index (χ1) is 17.3. The van der Waals surface area contributed by atoms with E-state index in [9.17, 15) is 14.7 Å². The van der Waals surface area contributed by atoms with Crippen molar-refractivity contribution >= 4 is 16.9 Å². The average molecular weight is 486 g/mol. The molecular weight excluding hydrogens is 458 g/mol. The molecule has 7 heteroatoms. The number of carbonyl (C=O) groups is 1. The Labute approximate surface area is 208 Å². The third kappa shape index (κ3) is 3.86. The van der Waals surface area contributed by atoms with E-state index in [1.807, 2.05) is 44.2 Å². The molecule has 3 aromatic carbocycles. The summed E-state index contributed by atoms with van der Waals surface area (Å²) >= 11 is 0. The van der Waals surface area contributed by atoms with E-state index in [1.165, 1.54) is 0 Å². The SMILES string of the molecule is COc1ccc(CCN2C(=O)c3oc4cc(C)cc(C)c4c(=O)c3[C@H]2c2cccc(O)c2)cc1OC. The van der Waals surface area contributed by atoms with Crippen LogP contribution in [0.5, 0.6) is 17.2 Å². The van der Waals surface area contributed by atoms with Crippen molar-refractivity contribution in [3.8, 4) is 17.2 Å². The molecule has 1 aliphatic rings. The van der Waals surface area contributed by atoms with E-state index in [4.69, 9.17) is 13.9 Å². The van der Waals surface area contributed by atoms with E-state index in [0.29, 0.717) is 46.6 Å². The highest BCUT2D eigenvalue weighted by molar-refractivity contribution is 5.99. The number of carbonyl (C=O) groups excluding carboxylic acids is 1. The van der Waals surface area contributed by atoms with Crippen molar-refractivity contribution in [2.24, 2.45) is 0 Å². The summed E-state index contributed by atoms with van der Waals surface area (Å²) in [7, 11) is 3.15. The summed E-state index contributed by atoms with van der Waals surface area (Å²) in [5.41, 5.74) is 3.82. The van der Waals surface area contributed by atoms with Gasteiger partial charge in [0.05, 0.1) is 31.2 Å². The largest absolute Gasteiger partial charge is 0.508 e. The van der Waals surface area contributed by atoms with Crippen LogP contribution in [0, 0.1) is 13.8 Å². The Bertz CT molecular complexity index is 1550. The second-order valence-electron chi connectivity index (χ2n) is 9.06. The van der Waals surface area contributed by atoms with E-state index in [0.717, 1.165) is 16.7 Å². The quantitative estimate of drug-likeness (QED) is 0.417. The van der Waals surface area contributed by atoms with Gasteiger partial charge in [0.15, 0.2) is 16.9 Å². The van der Waals surface area contributed by atoms with E-state index < -0.39 is 6.04 Å². The lowest BCUT2D eigenvalue weighted by Crippen LogP contribution is -2.31. The molecule has 7 nitrogen and oxygen atoms in total. The summed E-state index contributed by atoms with van der Waals surface area (Å²) in [6, 6.07) is 15.3. The van der Waals surface area contributed by atoms with E-state index in [-0.39, 0.29) is 22.8 Å². The molecule has 184 valence electrons. The van der Waals surface area contributed by atoms with Gasteiger partial charge in [0.1, 0.15) is 11.3 Å². The lowest BCUT2D eigenvalue weighted by atomic mass is 9.96. The molecule has 5 rings (SSSR count). The molecule has 1 aromatic heterocycles. The molecule has 1 atom stereocenters. The predicted octanol–water partition coefficient (Wildman–Crippen LogP) is 4.92. The van der Waals surface area contributed by atoms with Gasteiger partial charge in [-0.3, -0.25) is 9.59 Å². The molecule has 1 amide bonds. The number of amides is 1. The number of nitrogens with zero attached hydrogens (tertiary/aromatic N) is 1. The maximum absolute atomic E-state index is 13.8. The van der Waals surface area contributed by atoms with Crippen LogP contribution in [0.3, 0.4) is 0 Å². The maximum Gasteiger partial charge on any atom is 0.290 e. The minimum absolute atomic E-state index is 0.0538. The molecule has 0 unspecified atom stereocenters. The zero-order valence-electron chi connectivity index (χ0n) is 20.6. The minimum Gasteiger partial charge on any atom is -0.508 e. The first kappa shape index (κ1) is 23.5. The van der Waals surface area contributed by atoms with Gasteiger partial charge in [0, 0.05) is 6.54 Å². The van der Waals surface area contributed by atoms with Gasteiger partial charge >= 0.3 is 0 Å². The summed E-state index contributed by atoms with van der Waals surface area (Å²) in [4.78, 5) is 29.1. The number of phenols is 1. The van der Waals surface area contributed by atoms with Crippen molar-refractivity contribution in [1.82, 2.24) is 4.90 Å². The third-order valence-electron chi connectivity index (χ3n) is 6.69. The van der Waals surface area contributed by atoms with Gasteiger partial charge in [-0.2, -0.15) is 0 Å². The normalized spacial score (nSPS) is 14.8. The van der Waals surface area contributed by atoms with Gasteiger partial charge in [0.25, 0.3) is 5.91 Å². The maximum atomic E-state index is 13.8. The third-order valence-corrected chi connectivity index (χ3v) is 6.69. The van der Waals surface area contributed by atoms with Gasteiger partial charge in [-0.1, -0.05) is 24.3 Å². The average Bonchev–Trinajstić information content (AvgIpc) is 3.13. The first-order valence-corrected chi connectivity index (χ1v) is 11.7. The lowest BCUT2D eigenvalue weighted by Gasteiger charge is -2.25. The molecule has 1 N–H and O–H groups in total. The Kier molecular flexibility index (Phi) is 5.92. The molecular formula is C29H27NO6. The Hall–Kier alpha value is -4.26. The van der Waals surface area contributed by atoms with Crippen LogP contribution < -0.4 is 14.9 Å². The highest BCUT2D eigenvalue weighted by atomic mass is 16.5. The van der Waals surface area contributed by atoms with Gasteiger partial charge in [-0.05, 0) is 72.9 Å². The fraction of sp³-hybridized carbons (Fsp3) is 0.241. The number of benzene rings is 3. The second kappa shape index (κ2) is 9.07. The van der Waals surface area contributed by atoms with Gasteiger partial charge in [-0.25, -0.2) is 0 Å². The number of methoxy groups -OCH3 is 2. The first-order valence-electron chi connectivity index (χ1n) is 11.7. The summed E-state index contributed by atoms with van der Waals surface area (Å²) in [6.07, 6.45) is 0.515. The standard InChI is InChI=1S/C29H27NO6/c1-16-12-17(2)24-23(13-16)36-28-25(27(24)32)26(19-6-5-7-20(31)15-19)30(29(28)33)11-10-18-8-9-21(34-3)22(14-18)35-4/h5-9,12-15,26,31H,10-11H2,1-4H3/t26-/m1/s1. The summed E-state index contributed by atoms with van der Waals surface area (Å²) in [5, 5.41) is 10.6. The number of fused-ring (bicyclic) bond motifs is 2. The van der Waals surface area contributed by atoms with Crippen molar-refractivity contribution in [1.29, 1.82) is 0 Å². The van der Waals surface area contributed by atoms with E-state index in [2.05, 4.69) is 0 Å². The van der Waals surface area contributed by atoms with E-state index in [1.54, 1.807) is 43.4 Å². The monoisotopic (exact) mass is 485 g/mol. The number of aryl methyl sites for hydroxylation is 2. The molecule has 0 saturated heterocycles. The summed E-state index contributed by atoms with van der Waals surface area (Å²) in [6.45, 7) is 4.12. The van der Waals surface area contributed by atoms with Crippen molar-refractivity contribution in [3.05, 3.63) is 98.4 Å². The Morgan fingerprint density at radius 3 is 2.47 bits per heavy atom. The number of hydrogen-bond acceptors (Lipinski definition) is 6. The van der Waals surface area contributed by atoms with Crippen molar-refractivity contribution in [3.63, 3.8) is 0 Å². The van der Waals surface area contributed by atoms with Gasteiger partial charge < -0.3 is 23.9 Å². The zero-order valence-corrected chi connectivity index (χ0v) is 20.6. The van der Waals surface area contributed by atoms with Crippen molar-refractivity contribution in [2.45, 2.75) is 26.3 Å². The van der Waals surface area contributed by atoms with Crippen LogP contribution in [0.25, 0.3) is 11.0 Å². The van der Waals surface area contributed by atoms with Crippen LogP contribution in [0.1, 0.15) is 44.4 Å². The number of aromatic hydroxyl groups is 1. The zero-order chi connectivity index (χ0) is 25.6. The van der Waals surface area contributed by atoms with Crippen LogP contribution in [-0.2, 0) is 6.42 Å². The Morgan fingerprint density at radius 1 is 0.972 bits per heavy atom. The number of hydrogen-bond donors (Lipinski definition) is 1. The molecule has 0 bridgehead atoms. The van der Waals surface area contributed by atoms with Crippen LogP contribution in [-0.4, -0.2) is 36.7 Å². The van der Waals surface area contributed by atoms with Crippen LogP contribution in [0.15, 0.2) is 63.8 Å². The molecule has 0 fully saturated rings. The smallest absolute Gasteiger partial charge is 0.290 e. The molecule has 4 aromatic rings. The van der Waals surface area contributed by atoms with Crippen LogP contribution in [0.4, 0.5) is 0 Å². The van der Waals surface area contributed by atoms with Crippen LogP contribution in [0.2, 0.25) is 0 Å². The molecule has 1 aliphatic heterocycles. The van der Waals surface area contributed by atoms with Crippen LogP contribution >= 0.6 is 0 Å². The molecule has 36 heavy (non-hydrogen) atoms. The molecule has 0 radical (unpaired) electrons. The molecule has 2 heterocycles. The Balaban J connectivity index is 1.62. The van der Waals surface area contributed by atoms with E-state index >= 15 is 0 Å². The molecule has 0 aliphatic carbocycles. The van der Waals surface area contributed by atoms with Gasteiger partial charge in [0.2, 0.25) is 5.76 Å². The fourth-order valence-electron chi connectivity index (χ4n) is 5.07. The Morgan fingerprint density at radius 2 is 1.75 bits per heavy atom. The number of phenolic OH excluding ortho intramolecular Hbond substituents is 1. The highest BCUT2D eigenvalue weighted by Gasteiger charge is 2.42. The van der Waals surface area contributed by atoms with Gasteiger partial charge in [-0.15, -0.1) is 0 Å².